The first-order valence-electron chi connectivity index (χ1n) is 6.56. The van der Waals surface area contributed by atoms with E-state index in [0.717, 1.165) is 13.0 Å². The Balaban J connectivity index is 1.73. The predicted octanol–water partition coefficient (Wildman–Crippen LogP) is 4.17. The summed E-state index contributed by atoms with van der Waals surface area (Å²) in [5, 5.41) is 5.77. The van der Waals surface area contributed by atoms with Crippen molar-refractivity contribution in [2.24, 2.45) is 0 Å². The van der Waals surface area contributed by atoms with E-state index in [1.54, 1.807) is 0 Å². The summed E-state index contributed by atoms with van der Waals surface area (Å²) in [4.78, 5) is 1.46. The van der Waals surface area contributed by atoms with Crippen LogP contribution in [0.3, 0.4) is 0 Å². The number of hydrogen-bond donors (Lipinski definition) is 1. The third-order valence-corrected chi connectivity index (χ3v) is 4.31. The van der Waals surface area contributed by atoms with Gasteiger partial charge in [0.15, 0.2) is 0 Å². The van der Waals surface area contributed by atoms with Crippen molar-refractivity contribution in [2.45, 2.75) is 39.3 Å². The third kappa shape index (κ3) is 3.97. The molecule has 1 atom stereocenters. The molecular formula is C16H21NS. The highest BCUT2D eigenvalue weighted by molar-refractivity contribution is 7.10. The molecule has 1 heterocycles. The Kier molecular flexibility index (Phi) is 4.97. The number of aryl methyl sites for hydroxylation is 2. The maximum Gasteiger partial charge on any atom is 0.0304 e. The molecule has 0 spiro atoms. The second kappa shape index (κ2) is 6.72. The van der Waals surface area contributed by atoms with Gasteiger partial charge in [0.1, 0.15) is 0 Å². The van der Waals surface area contributed by atoms with Gasteiger partial charge in [-0.25, -0.2) is 0 Å². The van der Waals surface area contributed by atoms with Gasteiger partial charge in [-0.05, 0) is 49.3 Å². The molecule has 0 aliphatic heterocycles. The van der Waals surface area contributed by atoms with Crippen LogP contribution in [0.4, 0.5) is 0 Å². The van der Waals surface area contributed by atoms with E-state index in [0.29, 0.717) is 6.04 Å². The fourth-order valence-corrected chi connectivity index (χ4v) is 2.84. The Labute approximate surface area is 114 Å². The molecule has 2 heteroatoms. The van der Waals surface area contributed by atoms with E-state index in [-0.39, 0.29) is 0 Å². The molecule has 2 aromatic rings. The second-order valence-corrected chi connectivity index (χ2v) is 5.83. The second-order valence-electron chi connectivity index (χ2n) is 4.83. The van der Waals surface area contributed by atoms with Crippen LogP contribution in [0, 0.1) is 6.92 Å². The van der Waals surface area contributed by atoms with Gasteiger partial charge in [0, 0.05) is 17.5 Å². The molecule has 96 valence electrons. The molecule has 1 aromatic heterocycles. The minimum Gasteiger partial charge on any atom is -0.309 e. The van der Waals surface area contributed by atoms with Crippen LogP contribution in [-0.4, -0.2) is 6.04 Å². The SMILES string of the molecule is Cc1ccsc1CNC(C)CCc1ccccc1. The molecule has 0 amide bonds. The highest BCUT2D eigenvalue weighted by Gasteiger charge is 2.04. The minimum absolute atomic E-state index is 0.562. The van der Waals surface area contributed by atoms with Gasteiger partial charge in [0.25, 0.3) is 0 Å². The molecule has 1 aromatic carbocycles. The number of hydrogen-bond acceptors (Lipinski definition) is 2. The van der Waals surface area contributed by atoms with Crippen LogP contribution in [-0.2, 0) is 13.0 Å². The maximum atomic E-state index is 3.61. The molecule has 1 unspecified atom stereocenters. The van der Waals surface area contributed by atoms with Crippen molar-refractivity contribution in [2.75, 3.05) is 0 Å². The zero-order valence-electron chi connectivity index (χ0n) is 11.1. The number of nitrogens with one attached hydrogen (secondary N) is 1. The average Bonchev–Trinajstić information content (AvgIpc) is 2.81. The standard InChI is InChI=1S/C16H21NS/c1-13-10-11-18-16(13)12-17-14(2)8-9-15-6-4-3-5-7-15/h3-7,10-11,14,17H,8-9,12H2,1-2H3. The zero-order chi connectivity index (χ0) is 12.8. The van der Waals surface area contributed by atoms with Crippen molar-refractivity contribution in [3.8, 4) is 0 Å². The summed E-state index contributed by atoms with van der Waals surface area (Å²) in [6.45, 7) is 5.45. The Hall–Kier alpha value is -1.12. The lowest BCUT2D eigenvalue weighted by Gasteiger charge is -2.13. The summed E-state index contributed by atoms with van der Waals surface area (Å²) in [6, 6.07) is 13.5. The van der Waals surface area contributed by atoms with E-state index in [2.05, 4.69) is 60.9 Å². The van der Waals surface area contributed by atoms with Crippen molar-refractivity contribution in [1.29, 1.82) is 0 Å². The van der Waals surface area contributed by atoms with E-state index in [9.17, 15) is 0 Å². The van der Waals surface area contributed by atoms with Gasteiger partial charge in [-0.2, -0.15) is 0 Å². The van der Waals surface area contributed by atoms with Crippen molar-refractivity contribution in [1.82, 2.24) is 5.32 Å². The highest BCUT2D eigenvalue weighted by Crippen LogP contribution is 2.15. The smallest absolute Gasteiger partial charge is 0.0304 e. The monoisotopic (exact) mass is 259 g/mol. The molecular weight excluding hydrogens is 238 g/mol. The summed E-state index contributed by atoms with van der Waals surface area (Å²) < 4.78 is 0. The third-order valence-electron chi connectivity index (χ3n) is 3.29. The highest BCUT2D eigenvalue weighted by atomic mass is 32.1. The van der Waals surface area contributed by atoms with Crippen LogP contribution < -0.4 is 5.32 Å². The van der Waals surface area contributed by atoms with E-state index in [1.165, 1.54) is 22.4 Å². The van der Waals surface area contributed by atoms with Crippen LogP contribution >= 0.6 is 11.3 Å². The van der Waals surface area contributed by atoms with Crippen LogP contribution in [0.15, 0.2) is 41.8 Å². The molecule has 0 saturated heterocycles. The van der Waals surface area contributed by atoms with Gasteiger partial charge in [-0.3, -0.25) is 0 Å². The zero-order valence-corrected chi connectivity index (χ0v) is 12.0. The molecule has 0 aliphatic carbocycles. The maximum absolute atomic E-state index is 3.61. The quantitative estimate of drug-likeness (QED) is 0.821. The summed E-state index contributed by atoms with van der Waals surface area (Å²) in [6.07, 6.45) is 2.34. The lowest BCUT2D eigenvalue weighted by Crippen LogP contribution is -2.25. The van der Waals surface area contributed by atoms with Crippen molar-refractivity contribution in [3.05, 3.63) is 57.8 Å². The average molecular weight is 259 g/mol. The lowest BCUT2D eigenvalue weighted by molar-refractivity contribution is 0.516. The number of thiophene rings is 1. The Morgan fingerprint density at radius 1 is 1.17 bits per heavy atom. The molecule has 0 saturated carbocycles. The first-order valence-corrected chi connectivity index (χ1v) is 7.44. The van der Waals surface area contributed by atoms with E-state index >= 15 is 0 Å². The molecule has 0 aliphatic rings. The van der Waals surface area contributed by atoms with E-state index in [1.807, 2.05) is 11.3 Å². The van der Waals surface area contributed by atoms with Gasteiger partial charge in [-0.15, -0.1) is 11.3 Å². The van der Waals surface area contributed by atoms with Crippen molar-refractivity contribution in [3.63, 3.8) is 0 Å². The normalized spacial score (nSPS) is 12.6. The van der Waals surface area contributed by atoms with Gasteiger partial charge in [0.05, 0.1) is 0 Å². The number of rotatable bonds is 6. The van der Waals surface area contributed by atoms with Crippen LogP contribution in [0.5, 0.6) is 0 Å². The molecule has 1 N–H and O–H groups in total. The van der Waals surface area contributed by atoms with Gasteiger partial charge in [0.2, 0.25) is 0 Å². The Morgan fingerprint density at radius 3 is 2.61 bits per heavy atom. The van der Waals surface area contributed by atoms with E-state index < -0.39 is 0 Å². The first kappa shape index (κ1) is 13.3. The summed E-state index contributed by atoms with van der Waals surface area (Å²) >= 11 is 1.84. The Bertz CT molecular complexity index is 461. The first-order chi connectivity index (χ1) is 8.75. The van der Waals surface area contributed by atoms with Gasteiger partial charge in [-0.1, -0.05) is 30.3 Å². The summed E-state index contributed by atoms with van der Waals surface area (Å²) in [5.41, 5.74) is 2.83. The van der Waals surface area contributed by atoms with Crippen molar-refractivity contribution < 1.29 is 0 Å². The van der Waals surface area contributed by atoms with Gasteiger partial charge < -0.3 is 5.32 Å². The molecule has 1 nitrogen and oxygen atoms in total. The topological polar surface area (TPSA) is 12.0 Å². The Morgan fingerprint density at radius 2 is 1.94 bits per heavy atom. The van der Waals surface area contributed by atoms with Crippen molar-refractivity contribution >= 4 is 11.3 Å². The largest absolute Gasteiger partial charge is 0.309 e. The number of benzene rings is 1. The van der Waals surface area contributed by atoms with Crippen LogP contribution in [0.1, 0.15) is 29.3 Å². The minimum atomic E-state index is 0.562. The van der Waals surface area contributed by atoms with Crippen LogP contribution in [0.25, 0.3) is 0 Å². The molecule has 0 bridgehead atoms. The molecule has 2 rings (SSSR count). The fraction of sp³-hybridized carbons (Fsp3) is 0.375. The van der Waals surface area contributed by atoms with Crippen LogP contribution in [0.2, 0.25) is 0 Å². The summed E-state index contributed by atoms with van der Waals surface area (Å²) in [5.74, 6) is 0. The fourth-order valence-electron chi connectivity index (χ4n) is 1.98. The van der Waals surface area contributed by atoms with Gasteiger partial charge >= 0.3 is 0 Å². The molecule has 18 heavy (non-hydrogen) atoms. The lowest BCUT2D eigenvalue weighted by atomic mass is 10.1. The molecule has 0 fully saturated rings. The van der Waals surface area contributed by atoms with E-state index in [4.69, 9.17) is 0 Å². The summed E-state index contributed by atoms with van der Waals surface area (Å²) in [7, 11) is 0. The predicted molar refractivity (Wildman–Crippen MR) is 80.1 cm³/mol. The molecule has 0 radical (unpaired) electrons.